The van der Waals surface area contributed by atoms with Crippen LogP contribution in [0.4, 0.5) is 0 Å². The third-order valence-electron chi connectivity index (χ3n) is 4.89. The zero-order chi connectivity index (χ0) is 16.3. The van der Waals surface area contributed by atoms with E-state index in [0.29, 0.717) is 6.54 Å². The average Bonchev–Trinajstić information content (AvgIpc) is 2.62. The summed E-state index contributed by atoms with van der Waals surface area (Å²) in [4.78, 5) is 14.8. The first-order valence-electron chi connectivity index (χ1n) is 8.26. The van der Waals surface area contributed by atoms with Gasteiger partial charge in [-0.3, -0.25) is 4.79 Å². The molecule has 1 unspecified atom stereocenters. The topological polar surface area (TPSA) is 46.3 Å². The van der Waals surface area contributed by atoms with Gasteiger partial charge in [0.2, 0.25) is 0 Å². The first kappa shape index (κ1) is 15.8. The monoisotopic (exact) mass is 308 g/mol. The van der Waals surface area contributed by atoms with Crippen LogP contribution in [0.1, 0.15) is 41.3 Å². The van der Waals surface area contributed by atoms with Crippen LogP contribution < -0.4 is 5.73 Å². The number of amides is 1. The third-order valence-corrected chi connectivity index (χ3v) is 4.89. The predicted molar refractivity (Wildman–Crippen MR) is 93.3 cm³/mol. The number of carbonyl (C=O) groups excluding carboxylic acids is 1. The SMILES string of the molecule is CC1(c2ccccc2)CCCN(C(=O)c2ccc(CN)cc2)C1. The predicted octanol–water partition coefficient (Wildman–Crippen LogP) is 3.34. The van der Waals surface area contributed by atoms with Crippen molar-refractivity contribution in [2.75, 3.05) is 13.1 Å². The van der Waals surface area contributed by atoms with Gasteiger partial charge >= 0.3 is 0 Å². The Labute approximate surface area is 138 Å². The van der Waals surface area contributed by atoms with Crippen molar-refractivity contribution in [3.05, 3.63) is 71.3 Å². The van der Waals surface area contributed by atoms with Crippen molar-refractivity contribution in [2.45, 2.75) is 31.7 Å². The molecule has 1 saturated heterocycles. The first-order chi connectivity index (χ1) is 11.1. The van der Waals surface area contributed by atoms with E-state index in [4.69, 9.17) is 5.73 Å². The molecule has 1 aliphatic rings. The van der Waals surface area contributed by atoms with Crippen molar-refractivity contribution in [1.29, 1.82) is 0 Å². The molecule has 1 amide bonds. The highest BCUT2D eigenvalue weighted by Crippen LogP contribution is 2.34. The fourth-order valence-electron chi connectivity index (χ4n) is 3.45. The lowest BCUT2D eigenvalue weighted by molar-refractivity contribution is 0.0651. The fourth-order valence-corrected chi connectivity index (χ4v) is 3.45. The van der Waals surface area contributed by atoms with Crippen LogP contribution in [0.3, 0.4) is 0 Å². The molecule has 120 valence electrons. The maximum Gasteiger partial charge on any atom is 0.253 e. The summed E-state index contributed by atoms with van der Waals surface area (Å²) in [5.41, 5.74) is 8.77. The number of rotatable bonds is 3. The minimum atomic E-state index is 0.0341. The quantitative estimate of drug-likeness (QED) is 0.945. The van der Waals surface area contributed by atoms with Crippen LogP contribution in [0, 0.1) is 0 Å². The van der Waals surface area contributed by atoms with Gasteiger partial charge in [0.05, 0.1) is 0 Å². The molecule has 0 bridgehead atoms. The molecule has 3 heteroatoms. The van der Waals surface area contributed by atoms with Crippen LogP contribution in [-0.2, 0) is 12.0 Å². The molecule has 1 atom stereocenters. The van der Waals surface area contributed by atoms with Gasteiger partial charge in [-0.05, 0) is 36.1 Å². The van der Waals surface area contributed by atoms with Crippen molar-refractivity contribution >= 4 is 5.91 Å². The zero-order valence-corrected chi connectivity index (χ0v) is 13.7. The minimum absolute atomic E-state index is 0.0341. The lowest BCUT2D eigenvalue weighted by Crippen LogP contribution is -2.47. The van der Waals surface area contributed by atoms with E-state index in [1.54, 1.807) is 0 Å². The van der Waals surface area contributed by atoms with Crippen molar-refractivity contribution < 1.29 is 4.79 Å². The Kier molecular flexibility index (Phi) is 4.49. The van der Waals surface area contributed by atoms with E-state index in [1.165, 1.54) is 5.56 Å². The van der Waals surface area contributed by atoms with Crippen LogP contribution in [0.5, 0.6) is 0 Å². The molecule has 0 spiro atoms. The Morgan fingerprint density at radius 3 is 2.48 bits per heavy atom. The molecule has 3 rings (SSSR count). The normalized spacial score (nSPS) is 21.2. The van der Waals surface area contributed by atoms with Crippen molar-refractivity contribution in [3.8, 4) is 0 Å². The standard InChI is InChI=1S/C20H24N2O/c1-20(18-6-3-2-4-7-18)12-5-13-22(15-20)19(23)17-10-8-16(14-21)9-11-17/h2-4,6-11H,5,12-15,21H2,1H3. The highest BCUT2D eigenvalue weighted by Gasteiger charge is 2.34. The zero-order valence-electron chi connectivity index (χ0n) is 13.7. The summed E-state index contributed by atoms with van der Waals surface area (Å²) >= 11 is 0. The largest absolute Gasteiger partial charge is 0.338 e. The molecular weight excluding hydrogens is 284 g/mol. The summed E-state index contributed by atoms with van der Waals surface area (Å²) in [5, 5.41) is 0. The van der Waals surface area contributed by atoms with Gasteiger partial charge < -0.3 is 10.6 Å². The van der Waals surface area contributed by atoms with E-state index >= 15 is 0 Å². The Balaban J connectivity index is 1.79. The van der Waals surface area contributed by atoms with Crippen molar-refractivity contribution in [3.63, 3.8) is 0 Å². The number of piperidine rings is 1. The van der Waals surface area contributed by atoms with Crippen LogP contribution in [0.25, 0.3) is 0 Å². The number of likely N-dealkylation sites (tertiary alicyclic amines) is 1. The van der Waals surface area contributed by atoms with E-state index in [0.717, 1.165) is 37.1 Å². The number of nitrogens with zero attached hydrogens (tertiary/aromatic N) is 1. The second kappa shape index (κ2) is 6.55. The summed E-state index contributed by atoms with van der Waals surface area (Å²) < 4.78 is 0. The Morgan fingerprint density at radius 1 is 1.13 bits per heavy atom. The molecule has 0 aromatic heterocycles. The molecule has 2 aromatic rings. The van der Waals surface area contributed by atoms with Gasteiger partial charge in [0, 0.05) is 30.6 Å². The lowest BCUT2D eigenvalue weighted by Gasteiger charge is -2.41. The van der Waals surface area contributed by atoms with Gasteiger partial charge in [-0.25, -0.2) is 0 Å². The fraction of sp³-hybridized carbons (Fsp3) is 0.350. The highest BCUT2D eigenvalue weighted by atomic mass is 16.2. The summed E-state index contributed by atoms with van der Waals surface area (Å²) in [6, 6.07) is 18.2. The molecule has 0 aliphatic carbocycles. The van der Waals surface area contributed by atoms with Crippen molar-refractivity contribution in [2.24, 2.45) is 5.73 Å². The highest BCUT2D eigenvalue weighted by molar-refractivity contribution is 5.94. The van der Waals surface area contributed by atoms with Gasteiger partial charge in [0.1, 0.15) is 0 Å². The Bertz CT molecular complexity index is 666. The summed E-state index contributed by atoms with van der Waals surface area (Å²) in [6.07, 6.45) is 2.16. The summed E-state index contributed by atoms with van der Waals surface area (Å²) in [6.45, 7) is 4.37. The number of hydrogen-bond donors (Lipinski definition) is 1. The molecular formula is C20H24N2O. The van der Waals surface area contributed by atoms with Crippen molar-refractivity contribution in [1.82, 2.24) is 4.90 Å². The molecule has 1 heterocycles. The van der Waals surface area contributed by atoms with Crippen LogP contribution in [-0.4, -0.2) is 23.9 Å². The third kappa shape index (κ3) is 3.30. The average molecular weight is 308 g/mol. The minimum Gasteiger partial charge on any atom is -0.338 e. The van der Waals surface area contributed by atoms with Gasteiger partial charge in [0.25, 0.3) is 5.91 Å². The van der Waals surface area contributed by atoms with Gasteiger partial charge in [-0.1, -0.05) is 49.4 Å². The molecule has 2 N–H and O–H groups in total. The molecule has 23 heavy (non-hydrogen) atoms. The van der Waals surface area contributed by atoms with E-state index < -0.39 is 0 Å². The summed E-state index contributed by atoms with van der Waals surface area (Å²) in [7, 11) is 0. The van der Waals surface area contributed by atoms with Gasteiger partial charge in [-0.2, -0.15) is 0 Å². The van der Waals surface area contributed by atoms with E-state index in [2.05, 4.69) is 31.2 Å². The van der Waals surface area contributed by atoms with Gasteiger partial charge in [0.15, 0.2) is 0 Å². The Hall–Kier alpha value is -2.13. The maximum atomic E-state index is 12.8. The van der Waals surface area contributed by atoms with E-state index in [-0.39, 0.29) is 11.3 Å². The van der Waals surface area contributed by atoms with Crippen LogP contribution in [0.2, 0.25) is 0 Å². The smallest absolute Gasteiger partial charge is 0.253 e. The molecule has 3 nitrogen and oxygen atoms in total. The molecule has 2 aromatic carbocycles. The molecule has 0 radical (unpaired) electrons. The number of nitrogens with two attached hydrogens (primary N) is 1. The molecule has 0 saturated carbocycles. The second-order valence-electron chi connectivity index (χ2n) is 6.66. The molecule has 1 fully saturated rings. The van der Waals surface area contributed by atoms with E-state index in [9.17, 15) is 4.79 Å². The number of benzene rings is 2. The van der Waals surface area contributed by atoms with Gasteiger partial charge in [-0.15, -0.1) is 0 Å². The maximum absolute atomic E-state index is 12.8. The number of hydrogen-bond acceptors (Lipinski definition) is 2. The van der Waals surface area contributed by atoms with E-state index in [1.807, 2.05) is 35.2 Å². The lowest BCUT2D eigenvalue weighted by atomic mass is 9.76. The molecule has 1 aliphatic heterocycles. The Morgan fingerprint density at radius 2 is 1.83 bits per heavy atom. The summed E-state index contributed by atoms with van der Waals surface area (Å²) in [5.74, 6) is 0.121. The second-order valence-corrected chi connectivity index (χ2v) is 6.66. The first-order valence-corrected chi connectivity index (χ1v) is 8.26. The number of carbonyl (C=O) groups is 1. The van der Waals surface area contributed by atoms with Crippen LogP contribution >= 0.6 is 0 Å². The van der Waals surface area contributed by atoms with Crippen LogP contribution in [0.15, 0.2) is 54.6 Å².